The molecule has 3 nitrogen and oxygen atoms in total. The zero-order valence-corrected chi connectivity index (χ0v) is 5.73. The molecule has 1 heterocycles. The van der Waals surface area contributed by atoms with E-state index in [9.17, 15) is 0 Å². The Hall–Kier alpha value is -0.830. The molecular formula is C6H11N3. The van der Waals surface area contributed by atoms with E-state index in [1.54, 1.807) is 0 Å². The van der Waals surface area contributed by atoms with Gasteiger partial charge >= 0.3 is 0 Å². The maximum absolute atomic E-state index is 5.38. The maximum Gasteiger partial charge on any atom is 0.103 e. The molecule has 0 aliphatic carbocycles. The van der Waals surface area contributed by atoms with E-state index >= 15 is 0 Å². The first-order valence-corrected chi connectivity index (χ1v) is 2.96. The number of aromatic amines is 1. The molecule has 0 bridgehead atoms. The number of aromatic nitrogens is 2. The van der Waals surface area contributed by atoms with Crippen LogP contribution >= 0.6 is 0 Å². The minimum atomic E-state index is 0.524. The average Bonchev–Trinajstić information content (AvgIpc) is 2.10. The topological polar surface area (TPSA) is 54.7 Å². The van der Waals surface area contributed by atoms with E-state index in [0.717, 1.165) is 17.2 Å². The summed E-state index contributed by atoms with van der Waals surface area (Å²) < 4.78 is 0. The monoisotopic (exact) mass is 125 g/mol. The van der Waals surface area contributed by atoms with Gasteiger partial charge in [-0.2, -0.15) is 0 Å². The van der Waals surface area contributed by atoms with Crippen molar-refractivity contribution in [2.24, 2.45) is 5.73 Å². The summed E-state index contributed by atoms with van der Waals surface area (Å²) in [7, 11) is 0. The molecule has 50 valence electrons. The molecule has 0 aliphatic heterocycles. The van der Waals surface area contributed by atoms with Crippen LogP contribution in [0.25, 0.3) is 0 Å². The molecule has 0 fully saturated rings. The number of imidazole rings is 1. The summed E-state index contributed by atoms with van der Waals surface area (Å²) in [6, 6.07) is 0. The summed E-state index contributed by atoms with van der Waals surface area (Å²) >= 11 is 0. The Kier molecular flexibility index (Phi) is 1.53. The van der Waals surface area contributed by atoms with Crippen molar-refractivity contribution in [1.29, 1.82) is 0 Å². The van der Waals surface area contributed by atoms with Crippen molar-refractivity contribution in [2.45, 2.75) is 20.4 Å². The van der Waals surface area contributed by atoms with Crippen LogP contribution < -0.4 is 5.73 Å². The van der Waals surface area contributed by atoms with Gasteiger partial charge in [0.05, 0.1) is 5.69 Å². The van der Waals surface area contributed by atoms with Crippen molar-refractivity contribution < 1.29 is 0 Å². The van der Waals surface area contributed by atoms with E-state index in [-0.39, 0.29) is 0 Å². The van der Waals surface area contributed by atoms with Crippen molar-refractivity contribution in [1.82, 2.24) is 9.97 Å². The van der Waals surface area contributed by atoms with Crippen LogP contribution in [0.3, 0.4) is 0 Å². The molecule has 0 atom stereocenters. The predicted molar refractivity (Wildman–Crippen MR) is 36.0 cm³/mol. The number of nitrogens with zero attached hydrogens (tertiary/aromatic N) is 1. The molecule has 3 N–H and O–H groups in total. The molecule has 0 unspecified atom stereocenters. The van der Waals surface area contributed by atoms with Crippen LogP contribution in [0.1, 0.15) is 17.2 Å². The van der Waals surface area contributed by atoms with Crippen LogP contribution in [0, 0.1) is 13.8 Å². The fourth-order valence-electron chi connectivity index (χ4n) is 0.856. The molecule has 0 aromatic carbocycles. The Balaban J connectivity index is 3.01. The third-order valence-electron chi connectivity index (χ3n) is 1.30. The fourth-order valence-corrected chi connectivity index (χ4v) is 0.856. The number of hydrogen-bond acceptors (Lipinski definition) is 2. The van der Waals surface area contributed by atoms with Gasteiger partial charge in [-0.25, -0.2) is 4.98 Å². The normalized spacial score (nSPS) is 10.1. The van der Waals surface area contributed by atoms with Gasteiger partial charge in [0.15, 0.2) is 0 Å². The number of H-pyrrole nitrogens is 1. The predicted octanol–water partition coefficient (Wildman–Crippen LogP) is 0.485. The van der Waals surface area contributed by atoms with Gasteiger partial charge in [0.2, 0.25) is 0 Å². The summed E-state index contributed by atoms with van der Waals surface area (Å²) in [5.41, 5.74) is 7.43. The molecule has 0 saturated heterocycles. The Morgan fingerprint density at radius 2 is 2.22 bits per heavy atom. The van der Waals surface area contributed by atoms with Crippen LogP contribution in [0.4, 0.5) is 0 Å². The molecule has 9 heavy (non-hydrogen) atoms. The smallest absolute Gasteiger partial charge is 0.103 e. The fraction of sp³-hybridized carbons (Fsp3) is 0.500. The van der Waals surface area contributed by atoms with Crippen molar-refractivity contribution in [3.8, 4) is 0 Å². The summed E-state index contributed by atoms with van der Waals surface area (Å²) in [5.74, 6) is 0.938. The zero-order chi connectivity index (χ0) is 6.85. The highest BCUT2D eigenvalue weighted by atomic mass is 14.9. The third kappa shape index (κ3) is 1.10. The molecule has 0 amide bonds. The Labute approximate surface area is 54.3 Å². The molecule has 0 radical (unpaired) electrons. The second kappa shape index (κ2) is 2.19. The highest BCUT2D eigenvalue weighted by Gasteiger charge is 1.98. The first kappa shape index (κ1) is 6.29. The molecule has 0 aliphatic rings. The molecule has 1 rings (SSSR count). The van der Waals surface area contributed by atoms with E-state index in [4.69, 9.17) is 5.73 Å². The number of rotatable bonds is 1. The summed E-state index contributed by atoms with van der Waals surface area (Å²) in [4.78, 5) is 7.22. The van der Waals surface area contributed by atoms with Crippen LogP contribution in [-0.2, 0) is 6.54 Å². The number of aryl methyl sites for hydroxylation is 2. The molecular weight excluding hydrogens is 114 g/mol. The van der Waals surface area contributed by atoms with E-state index < -0.39 is 0 Å². The van der Waals surface area contributed by atoms with Crippen molar-refractivity contribution in [3.63, 3.8) is 0 Å². The molecule has 1 aromatic heterocycles. The summed E-state index contributed by atoms with van der Waals surface area (Å²) in [5, 5.41) is 0. The molecule has 0 saturated carbocycles. The van der Waals surface area contributed by atoms with Gasteiger partial charge in [-0.3, -0.25) is 0 Å². The van der Waals surface area contributed by atoms with Crippen LogP contribution in [-0.4, -0.2) is 9.97 Å². The second-order valence-electron chi connectivity index (χ2n) is 2.10. The van der Waals surface area contributed by atoms with Crippen LogP contribution in [0.5, 0.6) is 0 Å². The van der Waals surface area contributed by atoms with Gasteiger partial charge in [0.25, 0.3) is 0 Å². The van der Waals surface area contributed by atoms with Crippen molar-refractivity contribution >= 4 is 0 Å². The Morgan fingerprint density at radius 3 is 2.44 bits per heavy atom. The van der Waals surface area contributed by atoms with Gasteiger partial charge < -0.3 is 10.7 Å². The second-order valence-corrected chi connectivity index (χ2v) is 2.10. The SMILES string of the molecule is Cc1nc(CN)c(C)[nH]1. The summed E-state index contributed by atoms with van der Waals surface area (Å²) in [6.07, 6.45) is 0. The van der Waals surface area contributed by atoms with Crippen LogP contribution in [0.2, 0.25) is 0 Å². The van der Waals surface area contributed by atoms with Crippen LogP contribution in [0.15, 0.2) is 0 Å². The quantitative estimate of drug-likeness (QED) is 0.573. The molecule has 3 heteroatoms. The third-order valence-corrected chi connectivity index (χ3v) is 1.30. The Bertz CT molecular complexity index is 202. The lowest BCUT2D eigenvalue weighted by Crippen LogP contribution is -1.98. The number of nitrogens with one attached hydrogen (secondary N) is 1. The highest BCUT2D eigenvalue weighted by Crippen LogP contribution is 2.01. The lowest BCUT2D eigenvalue weighted by Gasteiger charge is -1.86. The maximum atomic E-state index is 5.38. The van der Waals surface area contributed by atoms with Gasteiger partial charge in [-0.15, -0.1) is 0 Å². The number of nitrogens with two attached hydrogens (primary N) is 1. The van der Waals surface area contributed by atoms with E-state index in [1.165, 1.54) is 0 Å². The number of hydrogen-bond donors (Lipinski definition) is 2. The first-order valence-electron chi connectivity index (χ1n) is 2.96. The first-order chi connectivity index (χ1) is 4.24. The average molecular weight is 125 g/mol. The minimum absolute atomic E-state index is 0.524. The zero-order valence-electron chi connectivity index (χ0n) is 5.73. The largest absolute Gasteiger partial charge is 0.346 e. The van der Waals surface area contributed by atoms with Gasteiger partial charge in [0, 0.05) is 12.2 Å². The Morgan fingerprint density at radius 1 is 1.56 bits per heavy atom. The standard InChI is InChI=1S/C6H11N3/c1-4-6(3-7)9-5(2)8-4/h3,7H2,1-2H3,(H,8,9). The molecule has 1 aromatic rings. The van der Waals surface area contributed by atoms with Gasteiger partial charge in [-0.05, 0) is 13.8 Å². The van der Waals surface area contributed by atoms with E-state index in [0.29, 0.717) is 6.54 Å². The highest BCUT2D eigenvalue weighted by molar-refractivity contribution is 5.11. The lowest BCUT2D eigenvalue weighted by molar-refractivity contribution is 0.985. The van der Waals surface area contributed by atoms with Gasteiger partial charge in [0.1, 0.15) is 5.82 Å². The molecule has 0 spiro atoms. The van der Waals surface area contributed by atoms with Crippen molar-refractivity contribution in [2.75, 3.05) is 0 Å². The summed E-state index contributed by atoms with van der Waals surface area (Å²) in [6.45, 7) is 4.42. The van der Waals surface area contributed by atoms with Gasteiger partial charge in [-0.1, -0.05) is 0 Å². The van der Waals surface area contributed by atoms with E-state index in [2.05, 4.69) is 9.97 Å². The van der Waals surface area contributed by atoms with E-state index in [1.807, 2.05) is 13.8 Å². The minimum Gasteiger partial charge on any atom is -0.346 e. The lowest BCUT2D eigenvalue weighted by atomic mass is 10.3. The van der Waals surface area contributed by atoms with Crippen molar-refractivity contribution in [3.05, 3.63) is 17.2 Å².